The smallest absolute Gasteiger partial charge is 0.287 e. The zero-order chi connectivity index (χ0) is 23.5. The molecule has 0 fully saturated rings. The van der Waals surface area contributed by atoms with Crippen LogP contribution in [0.2, 0.25) is 5.02 Å². The summed E-state index contributed by atoms with van der Waals surface area (Å²) in [6.45, 7) is 5.55. The highest BCUT2D eigenvalue weighted by Crippen LogP contribution is 2.29. The molecule has 0 saturated carbocycles. The molecular formula is C24H22ClN3O5. The Labute approximate surface area is 194 Å². The number of amides is 1. The Bertz CT molecular complexity index is 1390. The highest BCUT2D eigenvalue weighted by molar-refractivity contribution is 6.31. The van der Waals surface area contributed by atoms with Crippen molar-refractivity contribution < 1.29 is 18.8 Å². The Morgan fingerprint density at radius 3 is 2.67 bits per heavy atom. The third kappa shape index (κ3) is 5.35. The second-order valence-electron chi connectivity index (χ2n) is 7.60. The van der Waals surface area contributed by atoms with E-state index in [4.69, 9.17) is 25.6 Å². The fourth-order valence-electron chi connectivity index (χ4n) is 3.16. The van der Waals surface area contributed by atoms with Gasteiger partial charge in [-0.05, 0) is 62.2 Å². The van der Waals surface area contributed by atoms with Crippen LogP contribution in [0.15, 0.2) is 57.8 Å². The Morgan fingerprint density at radius 1 is 1.06 bits per heavy atom. The summed E-state index contributed by atoms with van der Waals surface area (Å²) >= 11 is 6.11. The summed E-state index contributed by atoms with van der Waals surface area (Å²) in [5, 5.41) is 3.18. The molecule has 0 saturated heterocycles. The third-order valence-electron chi connectivity index (χ3n) is 4.96. The summed E-state index contributed by atoms with van der Waals surface area (Å²) in [6, 6.07) is 13.5. The number of hydrogen-bond donors (Lipinski definition) is 1. The van der Waals surface area contributed by atoms with Gasteiger partial charge in [0.2, 0.25) is 0 Å². The fourth-order valence-corrected chi connectivity index (χ4v) is 3.34. The number of halogens is 1. The Kier molecular flexibility index (Phi) is 6.37. The molecule has 2 heterocycles. The lowest BCUT2D eigenvalue weighted by Crippen LogP contribution is -2.20. The van der Waals surface area contributed by atoms with Crippen LogP contribution in [0.5, 0.6) is 11.5 Å². The number of carbonyl (C=O) groups is 1. The lowest BCUT2D eigenvalue weighted by molar-refractivity contribution is -0.118. The summed E-state index contributed by atoms with van der Waals surface area (Å²) in [4.78, 5) is 29.0. The van der Waals surface area contributed by atoms with Gasteiger partial charge in [-0.15, -0.1) is 4.57 Å². The molecule has 0 atom stereocenters. The summed E-state index contributed by atoms with van der Waals surface area (Å²) in [5.74, 6) is 1.19. The topological polar surface area (TPSA) is 95.1 Å². The van der Waals surface area contributed by atoms with Gasteiger partial charge < -0.3 is 19.3 Å². The minimum atomic E-state index is -0.369. The number of aryl methyl sites for hydroxylation is 3. The van der Waals surface area contributed by atoms with Crippen LogP contribution in [0.3, 0.4) is 0 Å². The van der Waals surface area contributed by atoms with Crippen LogP contribution >= 0.6 is 11.6 Å². The van der Waals surface area contributed by atoms with Crippen LogP contribution in [0, 0.1) is 20.8 Å². The summed E-state index contributed by atoms with van der Waals surface area (Å²) in [7, 11) is 0. The number of anilines is 1. The van der Waals surface area contributed by atoms with Crippen molar-refractivity contribution in [2.24, 2.45) is 0 Å². The minimum Gasteiger partial charge on any atom is -0.485 e. The van der Waals surface area contributed by atoms with E-state index in [-0.39, 0.29) is 24.7 Å². The summed E-state index contributed by atoms with van der Waals surface area (Å²) < 4.78 is 17.8. The van der Waals surface area contributed by atoms with Crippen LogP contribution in [-0.4, -0.2) is 22.1 Å². The van der Waals surface area contributed by atoms with Crippen molar-refractivity contribution in [3.05, 3.63) is 86.5 Å². The largest absolute Gasteiger partial charge is 0.485 e. The zero-order valence-corrected chi connectivity index (χ0v) is 19.1. The average molecular weight is 468 g/mol. The number of hydrogen-bond acceptors (Lipinski definition) is 6. The average Bonchev–Trinajstić information content (AvgIpc) is 3.15. The normalized spacial score (nSPS) is 10.9. The predicted octanol–water partition coefficient (Wildman–Crippen LogP) is 4.46. The molecule has 170 valence electrons. The van der Waals surface area contributed by atoms with Crippen LogP contribution in [-0.2, 0) is 11.4 Å². The second kappa shape index (κ2) is 9.38. The van der Waals surface area contributed by atoms with E-state index in [1.165, 1.54) is 6.07 Å². The molecule has 4 rings (SSSR count). The number of nitrogens with one attached hydrogen (secondary N) is 1. The van der Waals surface area contributed by atoms with Crippen molar-refractivity contribution in [1.29, 1.82) is 0 Å². The molecule has 1 amide bonds. The summed E-state index contributed by atoms with van der Waals surface area (Å²) in [5.41, 5.74) is 3.08. The number of benzene rings is 2. The fraction of sp³-hybridized carbons (Fsp3) is 0.208. The minimum absolute atomic E-state index is 0.0135. The highest BCUT2D eigenvalue weighted by Gasteiger charge is 2.12. The van der Waals surface area contributed by atoms with E-state index < -0.39 is 0 Å². The van der Waals surface area contributed by atoms with Gasteiger partial charge in [-0.2, -0.15) is 0 Å². The van der Waals surface area contributed by atoms with E-state index in [1.54, 1.807) is 31.2 Å². The molecule has 8 nitrogen and oxygen atoms in total. The van der Waals surface area contributed by atoms with Gasteiger partial charge in [0.05, 0.1) is 11.4 Å². The molecule has 0 spiro atoms. The van der Waals surface area contributed by atoms with Gasteiger partial charge >= 0.3 is 0 Å². The summed E-state index contributed by atoms with van der Waals surface area (Å²) in [6.07, 6.45) is 0. The van der Waals surface area contributed by atoms with Crippen molar-refractivity contribution >= 4 is 28.8 Å². The van der Waals surface area contributed by atoms with E-state index in [9.17, 15) is 9.59 Å². The molecule has 0 radical (unpaired) electrons. The number of aromatic nitrogens is 2. The molecule has 33 heavy (non-hydrogen) atoms. The van der Waals surface area contributed by atoms with Crippen molar-refractivity contribution in [3.8, 4) is 11.5 Å². The number of nitrogens with zero attached hydrogens (tertiary/aromatic N) is 2. The SMILES string of the molecule is Cc1cc2nc(COc3ccc(Cl)cc3NC(=O)COc3ccc(C)c(C)c3)cc(=O)n2o1. The first-order valence-electron chi connectivity index (χ1n) is 10.2. The monoisotopic (exact) mass is 467 g/mol. The molecule has 2 aromatic heterocycles. The van der Waals surface area contributed by atoms with Crippen molar-refractivity contribution in [2.75, 3.05) is 11.9 Å². The van der Waals surface area contributed by atoms with E-state index in [0.717, 1.165) is 15.7 Å². The maximum atomic E-state index is 12.5. The van der Waals surface area contributed by atoms with Crippen LogP contribution in [0.1, 0.15) is 22.6 Å². The number of rotatable bonds is 7. The standard InChI is InChI=1S/C24H22ClN3O5/c1-14-4-6-19(8-15(14)2)31-13-23(29)27-20-10-17(25)5-7-21(20)32-12-18-11-24(30)28-22(26-18)9-16(3)33-28/h4-11H,12-13H2,1-3H3,(H,27,29). The molecule has 0 aliphatic carbocycles. The van der Waals surface area contributed by atoms with E-state index in [1.807, 2.05) is 32.0 Å². The van der Waals surface area contributed by atoms with Gasteiger partial charge in [0, 0.05) is 17.2 Å². The first-order valence-corrected chi connectivity index (χ1v) is 10.6. The maximum Gasteiger partial charge on any atom is 0.287 e. The quantitative estimate of drug-likeness (QED) is 0.431. The van der Waals surface area contributed by atoms with Crippen molar-refractivity contribution in [1.82, 2.24) is 9.56 Å². The molecule has 9 heteroatoms. The lowest BCUT2D eigenvalue weighted by atomic mass is 10.1. The van der Waals surface area contributed by atoms with Crippen LogP contribution < -0.4 is 20.3 Å². The van der Waals surface area contributed by atoms with Gasteiger partial charge in [-0.1, -0.05) is 17.7 Å². The Balaban J connectivity index is 1.44. The molecular weight excluding hydrogens is 446 g/mol. The first kappa shape index (κ1) is 22.4. The van der Waals surface area contributed by atoms with E-state index >= 15 is 0 Å². The molecule has 0 unspecified atom stereocenters. The Hall–Kier alpha value is -3.78. The van der Waals surface area contributed by atoms with E-state index in [0.29, 0.717) is 39.3 Å². The molecule has 1 N–H and O–H groups in total. The first-order chi connectivity index (χ1) is 15.8. The van der Waals surface area contributed by atoms with Gasteiger partial charge in [-0.3, -0.25) is 9.59 Å². The molecule has 0 aliphatic rings. The predicted molar refractivity (Wildman–Crippen MR) is 124 cm³/mol. The highest BCUT2D eigenvalue weighted by atomic mass is 35.5. The van der Waals surface area contributed by atoms with Gasteiger partial charge in [0.1, 0.15) is 23.9 Å². The zero-order valence-electron chi connectivity index (χ0n) is 18.3. The van der Waals surface area contributed by atoms with Gasteiger partial charge in [0.25, 0.3) is 11.5 Å². The van der Waals surface area contributed by atoms with Crippen molar-refractivity contribution in [2.45, 2.75) is 27.4 Å². The lowest BCUT2D eigenvalue weighted by Gasteiger charge is -2.13. The van der Waals surface area contributed by atoms with Gasteiger partial charge in [-0.25, -0.2) is 4.98 Å². The number of carbonyl (C=O) groups excluding carboxylic acids is 1. The molecule has 0 aliphatic heterocycles. The molecule has 2 aromatic carbocycles. The molecule has 0 bridgehead atoms. The maximum absolute atomic E-state index is 12.5. The number of fused-ring (bicyclic) bond motifs is 1. The van der Waals surface area contributed by atoms with Crippen molar-refractivity contribution in [3.63, 3.8) is 0 Å². The Morgan fingerprint density at radius 2 is 1.88 bits per heavy atom. The van der Waals surface area contributed by atoms with Gasteiger partial charge in [0.15, 0.2) is 12.3 Å². The number of ether oxygens (including phenoxy) is 2. The van der Waals surface area contributed by atoms with Crippen LogP contribution in [0.4, 0.5) is 5.69 Å². The second-order valence-corrected chi connectivity index (χ2v) is 8.03. The molecule has 4 aromatic rings. The van der Waals surface area contributed by atoms with E-state index in [2.05, 4.69) is 10.3 Å². The van der Waals surface area contributed by atoms with Crippen LogP contribution in [0.25, 0.3) is 5.65 Å². The third-order valence-corrected chi connectivity index (χ3v) is 5.20.